The van der Waals surface area contributed by atoms with Crippen LogP contribution in [0.2, 0.25) is 0 Å². The summed E-state index contributed by atoms with van der Waals surface area (Å²) in [5, 5.41) is 6.31. The van der Waals surface area contributed by atoms with Crippen molar-refractivity contribution in [2.45, 2.75) is 49.7 Å². The quantitative estimate of drug-likeness (QED) is 0.467. The van der Waals surface area contributed by atoms with Crippen LogP contribution in [-0.4, -0.2) is 47.2 Å². The minimum atomic E-state index is -0.447. The SMILES string of the molecule is NC1C(C2CCCC3NNCC32)CC(c2ncc(F)cn2)C2NCNC(=O)C12. The predicted molar refractivity (Wildman–Crippen MR) is 100.0 cm³/mol. The van der Waals surface area contributed by atoms with E-state index in [4.69, 9.17) is 5.73 Å². The number of carbonyl (C=O) groups excluding carboxylic acids is 1. The van der Waals surface area contributed by atoms with Crippen LogP contribution in [0.25, 0.3) is 0 Å². The van der Waals surface area contributed by atoms with E-state index in [9.17, 15) is 9.18 Å². The van der Waals surface area contributed by atoms with Crippen molar-refractivity contribution in [3.05, 3.63) is 24.0 Å². The van der Waals surface area contributed by atoms with Crippen molar-refractivity contribution in [2.24, 2.45) is 29.4 Å². The van der Waals surface area contributed by atoms with Gasteiger partial charge in [0.15, 0.2) is 5.82 Å². The summed E-state index contributed by atoms with van der Waals surface area (Å²) >= 11 is 0. The Hall–Kier alpha value is -1.68. The summed E-state index contributed by atoms with van der Waals surface area (Å²) in [6.07, 6.45) is 6.72. The van der Waals surface area contributed by atoms with Crippen molar-refractivity contribution in [1.29, 1.82) is 0 Å². The third-order valence-corrected chi connectivity index (χ3v) is 7.43. The van der Waals surface area contributed by atoms with Crippen LogP contribution in [0.5, 0.6) is 0 Å². The van der Waals surface area contributed by atoms with Gasteiger partial charge in [0, 0.05) is 30.6 Å². The summed E-state index contributed by atoms with van der Waals surface area (Å²) in [6, 6.07) is 0.144. The van der Waals surface area contributed by atoms with E-state index in [1.165, 1.54) is 25.2 Å². The number of nitrogens with one attached hydrogen (secondary N) is 4. The highest BCUT2D eigenvalue weighted by Gasteiger charge is 2.53. The zero-order valence-electron chi connectivity index (χ0n) is 15.8. The first-order chi connectivity index (χ1) is 13.6. The molecule has 28 heavy (non-hydrogen) atoms. The van der Waals surface area contributed by atoms with Crippen molar-refractivity contribution in [3.63, 3.8) is 0 Å². The van der Waals surface area contributed by atoms with Gasteiger partial charge in [-0.1, -0.05) is 6.42 Å². The smallest absolute Gasteiger partial charge is 0.227 e. The molecule has 4 fully saturated rings. The summed E-state index contributed by atoms with van der Waals surface area (Å²) in [7, 11) is 0. The summed E-state index contributed by atoms with van der Waals surface area (Å²) in [5.41, 5.74) is 13.5. The Morgan fingerprint density at radius 3 is 2.79 bits per heavy atom. The van der Waals surface area contributed by atoms with Gasteiger partial charge in [-0.15, -0.1) is 0 Å². The molecule has 0 bridgehead atoms. The molecule has 5 rings (SSSR count). The number of amides is 1. The molecule has 2 saturated heterocycles. The normalized spacial score (nSPS) is 43.1. The molecule has 8 unspecified atom stereocenters. The molecule has 0 aromatic carbocycles. The number of hydrogen-bond donors (Lipinski definition) is 5. The van der Waals surface area contributed by atoms with E-state index in [1.54, 1.807) is 0 Å². The van der Waals surface area contributed by atoms with Crippen molar-refractivity contribution in [2.75, 3.05) is 13.2 Å². The fourth-order valence-corrected chi connectivity index (χ4v) is 6.19. The van der Waals surface area contributed by atoms with Gasteiger partial charge in [-0.25, -0.2) is 14.4 Å². The molecule has 3 heterocycles. The Bertz CT molecular complexity index is 731. The second-order valence-corrected chi connectivity index (χ2v) is 8.71. The van der Waals surface area contributed by atoms with Crippen LogP contribution >= 0.6 is 0 Å². The van der Waals surface area contributed by atoms with Crippen molar-refractivity contribution in [1.82, 2.24) is 31.5 Å². The maximum atomic E-state index is 13.4. The largest absolute Gasteiger partial charge is 0.343 e. The lowest BCUT2D eigenvalue weighted by molar-refractivity contribution is -0.132. The van der Waals surface area contributed by atoms with Crippen molar-refractivity contribution < 1.29 is 9.18 Å². The van der Waals surface area contributed by atoms with E-state index in [0.29, 0.717) is 30.4 Å². The van der Waals surface area contributed by atoms with Gasteiger partial charge in [-0.2, -0.15) is 0 Å². The lowest BCUT2D eigenvalue weighted by atomic mass is 9.59. The molecule has 4 aliphatic rings. The average Bonchev–Trinajstić information content (AvgIpc) is 3.18. The van der Waals surface area contributed by atoms with E-state index in [-0.39, 0.29) is 35.7 Å². The summed E-state index contributed by atoms with van der Waals surface area (Å²) < 4.78 is 13.4. The topological polar surface area (TPSA) is 117 Å². The number of carbonyl (C=O) groups is 1. The number of aromatic nitrogens is 2. The number of rotatable bonds is 2. The molecule has 152 valence electrons. The number of hydrogen-bond acceptors (Lipinski definition) is 7. The first kappa shape index (κ1) is 18.4. The Morgan fingerprint density at radius 1 is 1.14 bits per heavy atom. The van der Waals surface area contributed by atoms with Gasteiger partial charge in [-0.3, -0.25) is 21.0 Å². The van der Waals surface area contributed by atoms with Gasteiger partial charge in [0.2, 0.25) is 5.91 Å². The molecule has 8 nitrogen and oxygen atoms in total. The minimum absolute atomic E-state index is 0.00286. The van der Waals surface area contributed by atoms with Crippen LogP contribution in [0.4, 0.5) is 4.39 Å². The molecular formula is C19H28FN7O. The molecule has 2 aliphatic heterocycles. The molecule has 2 saturated carbocycles. The van der Waals surface area contributed by atoms with Gasteiger partial charge in [0.25, 0.3) is 0 Å². The Balaban J connectivity index is 1.49. The zero-order chi connectivity index (χ0) is 19.3. The summed E-state index contributed by atoms with van der Waals surface area (Å²) in [4.78, 5) is 21.3. The van der Waals surface area contributed by atoms with Gasteiger partial charge in [0.1, 0.15) is 5.82 Å². The first-order valence-corrected chi connectivity index (χ1v) is 10.4. The van der Waals surface area contributed by atoms with Crippen LogP contribution in [-0.2, 0) is 4.79 Å². The second-order valence-electron chi connectivity index (χ2n) is 8.71. The molecule has 6 N–H and O–H groups in total. The molecule has 1 amide bonds. The predicted octanol–water partition coefficient (Wildman–Crippen LogP) is -0.399. The minimum Gasteiger partial charge on any atom is -0.343 e. The second kappa shape index (κ2) is 7.29. The zero-order valence-corrected chi connectivity index (χ0v) is 15.8. The van der Waals surface area contributed by atoms with E-state index in [2.05, 4.69) is 31.5 Å². The Labute approximate surface area is 163 Å². The number of nitrogens with two attached hydrogens (primary N) is 1. The van der Waals surface area contributed by atoms with E-state index in [0.717, 1.165) is 19.4 Å². The monoisotopic (exact) mass is 389 g/mol. The third kappa shape index (κ3) is 3.01. The van der Waals surface area contributed by atoms with Crippen molar-refractivity contribution in [3.8, 4) is 0 Å². The molecule has 0 spiro atoms. The maximum absolute atomic E-state index is 13.4. The highest BCUT2D eigenvalue weighted by molar-refractivity contribution is 5.81. The Morgan fingerprint density at radius 2 is 1.96 bits per heavy atom. The first-order valence-electron chi connectivity index (χ1n) is 10.4. The standard InChI is InChI=1S/C19H28FN7O/c20-9-5-22-18(23-6-9)12-4-11(10-2-1-3-14-13(10)7-26-27-14)16(21)15-17(12)24-8-25-19(15)28/h5-6,10-17,24,26-27H,1-4,7-8,21H2,(H,25,28). The Kier molecular flexibility index (Phi) is 4.78. The van der Waals surface area contributed by atoms with Crippen molar-refractivity contribution >= 4 is 5.91 Å². The molecule has 9 heteroatoms. The average molecular weight is 389 g/mol. The highest BCUT2D eigenvalue weighted by atomic mass is 19.1. The fraction of sp³-hybridized carbons (Fsp3) is 0.737. The number of halogens is 1. The summed E-state index contributed by atoms with van der Waals surface area (Å²) in [6.45, 7) is 1.35. The van der Waals surface area contributed by atoms with Gasteiger partial charge >= 0.3 is 0 Å². The van der Waals surface area contributed by atoms with E-state index in [1.807, 2.05) is 0 Å². The molecule has 8 atom stereocenters. The molecule has 0 radical (unpaired) electrons. The third-order valence-electron chi connectivity index (χ3n) is 7.43. The molecule has 2 aliphatic carbocycles. The van der Waals surface area contributed by atoms with Gasteiger partial charge in [0.05, 0.1) is 25.0 Å². The van der Waals surface area contributed by atoms with E-state index >= 15 is 0 Å². The van der Waals surface area contributed by atoms with Gasteiger partial charge in [-0.05, 0) is 37.0 Å². The molecular weight excluding hydrogens is 361 g/mol. The fourth-order valence-electron chi connectivity index (χ4n) is 6.19. The number of hydrazine groups is 1. The summed E-state index contributed by atoms with van der Waals surface area (Å²) in [5.74, 6) is 0.967. The van der Waals surface area contributed by atoms with Gasteiger partial charge < -0.3 is 11.1 Å². The lowest BCUT2D eigenvalue weighted by Gasteiger charge is -2.51. The maximum Gasteiger partial charge on any atom is 0.227 e. The van der Waals surface area contributed by atoms with Crippen LogP contribution in [0.3, 0.4) is 0 Å². The van der Waals surface area contributed by atoms with E-state index < -0.39 is 5.82 Å². The molecule has 1 aromatic heterocycles. The number of fused-ring (bicyclic) bond motifs is 2. The van der Waals surface area contributed by atoms with Crippen LogP contribution < -0.4 is 27.2 Å². The van der Waals surface area contributed by atoms with Crippen LogP contribution in [0.15, 0.2) is 12.4 Å². The molecule has 1 aromatic rings. The highest BCUT2D eigenvalue weighted by Crippen LogP contribution is 2.47. The van der Waals surface area contributed by atoms with Crippen LogP contribution in [0, 0.1) is 29.5 Å². The van der Waals surface area contributed by atoms with Crippen LogP contribution in [0.1, 0.15) is 37.4 Å². The number of nitrogens with zero attached hydrogens (tertiary/aromatic N) is 2. The lowest BCUT2D eigenvalue weighted by Crippen LogP contribution is -2.67.